The molecule has 1 aromatic carbocycles. The lowest BCUT2D eigenvalue weighted by atomic mass is 10.0. The summed E-state index contributed by atoms with van der Waals surface area (Å²) in [6, 6.07) is 8.70. The molecule has 0 amide bonds. The summed E-state index contributed by atoms with van der Waals surface area (Å²) >= 11 is 0. The number of esters is 1. The van der Waals surface area contributed by atoms with Crippen molar-refractivity contribution < 1.29 is 9.53 Å². The van der Waals surface area contributed by atoms with Crippen molar-refractivity contribution in [2.24, 2.45) is 0 Å². The molecule has 1 aliphatic rings. The average Bonchev–Trinajstić information content (AvgIpc) is 2.83. The molecule has 3 heteroatoms. The second kappa shape index (κ2) is 5.12. The van der Waals surface area contributed by atoms with E-state index in [1.807, 2.05) is 12.1 Å². The lowest BCUT2D eigenvalue weighted by Crippen LogP contribution is -2.12. The van der Waals surface area contributed by atoms with Crippen LogP contribution >= 0.6 is 0 Å². The van der Waals surface area contributed by atoms with Crippen molar-refractivity contribution in [3.8, 4) is 0 Å². The van der Waals surface area contributed by atoms with Crippen LogP contribution in [-0.4, -0.2) is 19.6 Å². The molecular weight excluding hydrogens is 202 g/mol. The minimum Gasteiger partial charge on any atom is -0.469 e. The molecule has 1 aromatic rings. The third-order valence-corrected chi connectivity index (χ3v) is 3.02. The summed E-state index contributed by atoms with van der Waals surface area (Å²) in [4.78, 5) is 11.1. The van der Waals surface area contributed by atoms with E-state index >= 15 is 0 Å². The molecule has 16 heavy (non-hydrogen) atoms. The van der Waals surface area contributed by atoms with Gasteiger partial charge in [0.25, 0.3) is 0 Å². The number of ether oxygens (including phenoxy) is 1. The molecule has 0 spiro atoms. The van der Waals surface area contributed by atoms with Crippen LogP contribution in [0.25, 0.3) is 0 Å². The van der Waals surface area contributed by atoms with Gasteiger partial charge in [0.2, 0.25) is 0 Å². The lowest BCUT2D eigenvalue weighted by molar-refractivity contribution is -0.139. The van der Waals surface area contributed by atoms with Crippen LogP contribution in [0.4, 0.5) is 0 Å². The fourth-order valence-corrected chi connectivity index (χ4v) is 2.08. The lowest BCUT2D eigenvalue weighted by Gasteiger charge is -2.10. The van der Waals surface area contributed by atoms with Crippen molar-refractivity contribution in [2.45, 2.75) is 25.3 Å². The Morgan fingerprint density at radius 2 is 2.19 bits per heavy atom. The Morgan fingerprint density at radius 3 is 2.75 bits per heavy atom. The second-order valence-electron chi connectivity index (χ2n) is 4.14. The van der Waals surface area contributed by atoms with Gasteiger partial charge in [-0.05, 0) is 30.5 Å². The van der Waals surface area contributed by atoms with E-state index in [2.05, 4.69) is 22.2 Å². The van der Waals surface area contributed by atoms with Gasteiger partial charge in [0, 0.05) is 6.04 Å². The number of methoxy groups -OCH3 is 1. The van der Waals surface area contributed by atoms with Gasteiger partial charge in [-0.25, -0.2) is 0 Å². The Morgan fingerprint density at radius 1 is 1.44 bits per heavy atom. The number of rotatable bonds is 3. The number of nitrogens with one attached hydrogen (secondary N) is 1. The van der Waals surface area contributed by atoms with Crippen LogP contribution < -0.4 is 5.32 Å². The van der Waals surface area contributed by atoms with Crippen LogP contribution in [0.15, 0.2) is 24.3 Å². The molecule has 1 fully saturated rings. The summed E-state index contributed by atoms with van der Waals surface area (Å²) in [6.07, 6.45) is 2.81. The Hall–Kier alpha value is -1.35. The molecule has 86 valence electrons. The topological polar surface area (TPSA) is 38.3 Å². The Kier molecular flexibility index (Phi) is 3.57. The molecule has 1 atom stereocenters. The second-order valence-corrected chi connectivity index (χ2v) is 4.14. The minimum absolute atomic E-state index is 0.188. The quantitative estimate of drug-likeness (QED) is 0.788. The molecule has 1 N–H and O–H groups in total. The van der Waals surface area contributed by atoms with Crippen LogP contribution in [0.5, 0.6) is 0 Å². The van der Waals surface area contributed by atoms with E-state index in [9.17, 15) is 4.79 Å². The fraction of sp³-hybridized carbons (Fsp3) is 0.462. The summed E-state index contributed by atoms with van der Waals surface area (Å²) in [7, 11) is 1.42. The molecule has 1 aliphatic heterocycles. The summed E-state index contributed by atoms with van der Waals surface area (Å²) < 4.78 is 4.63. The van der Waals surface area contributed by atoms with Gasteiger partial charge in [0.15, 0.2) is 0 Å². The standard InChI is InChI=1S/C13H17NO2/c1-16-13(15)9-10-4-6-11(7-5-10)12-3-2-8-14-12/h4-7,12,14H,2-3,8-9H2,1H3/t12-/m1/s1. The zero-order valence-corrected chi connectivity index (χ0v) is 9.53. The van der Waals surface area contributed by atoms with Crippen LogP contribution in [0.2, 0.25) is 0 Å². The number of hydrogen-bond donors (Lipinski definition) is 1. The van der Waals surface area contributed by atoms with Crippen LogP contribution in [0, 0.1) is 0 Å². The summed E-state index contributed by atoms with van der Waals surface area (Å²) in [5.74, 6) is -0.188. The molecule has 1 saturated heterocycles. The first-order valence-electron chi connectivity index (χ1n) is 5.68. The van der Waals surface area contributed by atoms with E-state index in [1.54, 1.807) is 0 Å². The summed E-state index contributed by atoms with van der Waals surface area (Å²) in [6.45, 7) is 1.11. The summed E-state index contributed by atoms with van der Waals surface area (Å²) in [5, 5.41) is 3.45. The predicted molar refractivity (Wildman–Crippen MR) is 62.1 cm³/mol. The monoisotopic (exact) mass is 219 g/mol. The van der Waals surface area contributed by atoms with Crippen molar-refractivity contribution in [2.75, 3.05) is 13.7 Å². The molecule has 3 nitrogen and oxygen atoms in total. The normalized spacial score (nSPS) is 19.7. The first-order chi connectivity index (χ1) is 7.79. The van der Waals surface area contributed by atoms with E-state index in [-0.39, 0.29) is 5.97 Å². The zero-order chi connectivity index (χ0) is 11.4. The molecule has 0 aliphatic carbocycles. The number of carbonyl (C=O) groups excluding carboxylic acids is 1. The maximum Gasteiger partial charge on any atom is 0.309 e. The largest absolute Gasteiger partial charge is 0.469 e. The maximum atomic E-state index is 11.1. The Balaban J connectivity index is 2.01. The highest BCUT2D eigenvalue weighted by Crippen LogP contribution is 2.23. The van der Waals surface area contributed by atoms with E-state index in [0.717, 1.165) is 12.1 Å². The highest BCUT2D eigenvalue weighted by Gasteiger charge is 2.15. The molecule has 0 radical (unpaired) electrons. The van der Waals surface area contributed by atoms with E-state index in [0.29, 0.717) is 12.5 Å². The maximum absolute atomic E-state index is 11.1. The van der Waals surface area contributed by atoms with Gasteiger partial charge in [0.05, 0.1) is 13.5 Å². The Bertz CT molecular complexity index is 353. The van der Waals surface area contributed by atoms with Crippen LogP contribution in [0.1, 0.15) is 30.0 Å². The summed E-state index contributed by atoms with van der Waals surface area (Å²) in [5.41, 5.74) is 2.32. The van der Waals surface area contributed by atoms with E-state index in [1.165, 1.54) is 25.5 Å². The van der Waals surface area contributed by atoms with Gasteiger partial charge in [-0.1, -0.05) is 24.3 Å². The molecule has 1 heterocycles. The van der Waals surface area contributed by atoms with Crippen molar-refractivity contribution in [1.29, 1.82) is 0 Å². The smallest absolute Gasteiger partial charge is 0.309 e. The van der Waals surface area contributed by atoms with Gasteiger partial charge >= 0.3 is 5.97 Å². The van der Waals surface area contributed by atoms with Gasteiger partial charge in [0.1, 0.15) is 0 Å². The predicted octanol–water partition coefficient (Wildman–Crippen LogP) is 1.83. The Labute approximate surface area is 95.8 Å². The van der Waals surface area contributed by atoms with Gasteiger partial charge in [-0.2, -0.15) is 0 Å². The highest BCUT2D eigenvalue weighted by atomic mass is 16.5. The molecule has 0 saturated carbocycles. The van der Waals surface area contributed by atoms with Crippen molar-refractivity contribution in [1.82, 2.24) is 5.32 Å². The van der Waals surface area contributed by atoms with Gasteiger partial charge in [-0.3, -0.25) is 4.79 Å². The van der Waals surface area contributed by atoms with Gasteiger partial charge in [-0.15, -0.1) is 0 Å². The fourth-order valence-electron chi connectivity index (χ4n) is 2.08. The SMILES string of the molecule is COC(=O)Cc1ccc([C@H]2CCCN2)cc1. The third-order valence-electron chi connectivity index (χ3n) is 3.02. The minimum atomic E-state index is -0.188. The highest BCUT2D eigenvalue weighted by molar-refractivity contribution is 5.72. The van der Waals surface area contributed by atoms with Crippen molar-refractivity contribution >= 4 is 5.97 Å². The number of carbonyl (C=O) groups is 1. The van der Waals surface area contributed by atoms with Crippen molar-refractivity contribution in [3.63, 3.8) is 0 Å². The molecule has 0 bridgehead atoms. The molecule has 2 rings (SSSR count). The van der Waals surface area contributed by atoms with Crippen LogP contribution in [0.3, 0.4) is 0 Å². The first kappa shape index (κ1) is 11.1. The number of hydrogen-bond acceptors (Lipinski definition) is 3. The van der Waals surface area contributed by atoms with E-state index in [4.69, 9.17) is 0 Å². The molecular formula is C13H17NO2. The number of benzene rings is 1. The first-order valence-corrected chi connectivity index (χ1v) is 5.68. The zero-order valence-electron chi connectivity index (χ0n) is 9.53. The third kappa shape index (κ3) is 2.61. The average molecular weight is 219 g/mol. The van der Waals surface area contributed by atoms with Crippen LogP contribution in [-0.2, 0) is 16.0 Å². The molecule has 0 aromatic heterocycles. The molecule has 0 unspecified atom stereocenters. The van der Waals surface area contributed by atoms with Crippen molar-refractivity contribution in [3.05, 3.63) is 35.4 Å². The van der Waals surface area contributed by atoms with E-state index < -0.39 is 0 Å². The van der Waals surface area contributed by atoms with Gasteiger partial charge < -0.3 is 10.1 Å².